The fraction of sp³-hybridized carbons (Fsp3) is 0.250. The molecule has 1 aliphatic heterocycles. The lowest BCUT2D eigenvalue weighted by molar-refractivity contribution is 0.496. The number of hydrogen-bond acceptors (Lipinski definition) is 2. The molecule has 2 aromatic carbocycles. The number of halogens is 3. The van der Waals surface area contributed by atoms with Gasteiger partial charge in [-0.15, -0.1) is 0 Å². The van der Waals surface area contributed by atoms with Crippen molar-refractivity contribution in [1.82, 2.24) is 0 Å². The molecule has 0 aromatic heterocycles. The van der Waals surface area contributed by atoms with Crippen molar-refractivity contribution in [2.24, 2.45) is 0 Å². The summed E-state index contributed by atoms with van der Waals surface area (Å²) in [6, 6.07) is 7.33. The summed E-state index contributed by atoms with van der Waals surface area (Å²) in [4.78, 5) is 0. The smallest absolute Gasteiger partial charge is 0.161 e. The summed E-state index contributed by atoms with van der Waals surface area (Å²) in [5.41, 5.74) is 3.23. The highest BCUT2D eigenvalue weighted by Gasteiger charge is 2.13. The molecule has 0 unspecified atom stereocenters. The summed E-state index contributed by atoms with van der Waals surface area (Å²) in [6.07, 6.45) is 2.09. The van der Waals surface area contributed by atoms with Crippen molar-refractivity contribution in [3.05, 3.63) is 58.9 Å². The quantitative estimate of drug-likeness (QED) is 0.833. The van der Waals surface area contributed by atoms with E-state index in [1.165, 1.54) is 5.56 Å². The van der Waals surface area contributed by atoms with Crippen LogP contribution < -0.4 is 10.6 Å². The second kappa shape index (κ2) is 5.68. The van der Waals surface area contributed by atoms with Gasteiger partial charge in [-0.3, -0.25) is 0 Å². The fourth-order valence-electron chi connectivity index (χ4n) is 2.58. The van der Waals surface area contributed by atoms with Crippen LogP contribution in [0.3, 0.4) is 0 Å². The Morgan fingerprint density at radius 2 is 1.86 bits per heavy atom. The van der Waals surface area contributed by atoms with E-state index in [1.54, 1.807) is 0 Å². The molecule has 110 valence electrons. The third-order valence-corrected chi connectivity index (χ3v) is 3.64. The van der Waals surface area contributed by atoms with Crippen molar-refractivity contribution in [3.63, 3.8) is 0 Å². The Labute approximate surface area is 121 Å². The van der Waals surface area contributed by atoms with Crippen LogP contribution in [0.1, 0.15) is 17.5 Å². The zero-order chi connectivity index (χ0) is 14.8. The lowest BCUT2D eigenvalue weighted by Crippen LogP contribution is -2.15. The van der Waals surface area contributed by atoms with Gasteiger partial charge in [0.15, 0.2) is 11.6 Å². The van der Waals surface area contributed by atoms with Gasteiger partial charge >= 0.3 is 0 Å². The van der Waals surface area contributed by atoms with Gasteiger partial charge in [0.25, 0.3) is 0 Å². The zero-order valence-corrected chi connectivity index (χ0v) is 11.3. The SMILES string of the molecule is Fc1cc(F)c(NCc2cccc3c2NCCC3)cc1F. The molecule has 1 heterocycles. The predicted molar refractivity (Wildman–Crippen MR) is 76.9 cm³/mol. The van der Waals surface area contributed by atoms with E-state index < -0.39 is 17.5 Å². The van der Waals surface area contributed by atoms with Crippen molar-refractivity contribution in [1.29, 1.82) is 0 Å². The number of aryl methyl sites for hydroxylation is 1. The topological polar surface area (TPSA) is 24.1 Å². The molecular formula is C16H15F3N2. The maximum absolute atomic E-state index is 13.6. The molecule has 3 rings (SSSR count). The molecule has 0 spiro atoms. The molecule has 0 aliphatic carbocycles. The number of para-hydroxylation sites is 1. The van der Waals surface area contributed by atoms with Gasteiger partial charge in [0, 0.05) is 30.9 Å². The molecule has 1 aliphatic rings. The van der Waals surface area contributed by atoms with Crippen LogP contribution >= 0.6 is 0 Å². The molecule has 2 nitrogen and oxygen atoms in total. The monoisotopic (exact) mass is 292 g/mol. The van der Waals surface area contributed by atoms with Crippen LogP contribution in [-0.4, -0.2) is 6.54 Å². The van der Waals surface area contributed by atoms with E-state index in [4.69, 9.17) is 0 Å². The van der Waals surface area contributed by atoms with Crippen molar-refractivity contribution in [2.75, 3.05) is 17.2 Å². The van der Waals surface area contributed by atoms with E-state index in [-0.39, 0.29) is 5.69 Å². The van der Waals surface area contributed by atoms with Crippen LogP contribution in [0, 0.1) is 17.5 Å². The number of nitrogens with one attached hydrogen (secondary N) is 2. The summed E-state index contributed by atoms with van der Waals surface area (Å²) in [5, 5.41) is 6.16. The van der Waals surface area contributed by atoms with E-state index >= 15 is 0 Å². The number of hydrogen-bond donors (Lipinski definition) is 2. The zero-order valence-electron chi connectivity index (χ0n) is 11.3. The highest BCUT2D eigenvalue weighted by atomic mass is 19.2. The lowest BCUT2D eigenvalue weighted by Gasteiger charge is -2.21. The summed E-state index contributed by atoms with van der Waals surface area (Å²) >= 11 is 0. The summed E-state index contributed by atoms with van der Waals surface area (Å²) in [5.74, 6) is -3.05. The lowest BCUT2D eigenvalue weighted by atomic mass is 9.99. The standard InChI is InChI=1S/C16H15F3N2/c17-12-7-14(19)15(8-13(12)18)21-9-11-4-1-3-10-5-2-6-20-16(10)11/h1,3-4,7-8,20-21H,2,5-6,9H2. The van der Waals surface area contributed by atoms with Crippen LogP contribution in [0.25, 0.3) is 0 Å². The molecular weight excluding hydrogens is 277 g/mol. The van der Waals surface area contributed by atoms with E-state index in [2.05, 4.69) is 16.7 Å². The molecule has 0 saturated carbocycles. The first-order valence-electron chi connectivity index (χ1n) is 6.88. The molecule has 21 heavy (non-hydrogen) atoms. The second-order valence-electron chi connectivity index (χ2n) is 5.08. The Morgan fingerprint density at radius 1 is 1.05 bits per heavy atom. The third-order valence-electron chi connectivity index (χ3n) is 3.64. The number of rotatable bonds is 3. The van der Waals surface area contributed by atoms with Crippen molar-refractivity contribution < 1.29 is 13.2 Å². The summed E-state index contributed by atoms with van der Waals surface area (Å²) in [7, 11) is 0. The Hall–Kier alpha value is -2.17. The number of benzene rings is 2. The van der Waals surface area contributed by atoms with Crippen LogP contribution in [0.15, 0.2) is 30.3 Å². The Kier molecular flexibility index (Phi) is 3.73. The first-order valence-corrected chi connectivity index (χ1v) is 6.88. The average molecular weight is 292 g/mol. The summed E-state index contributed by atoms with van der Waals surface area (Å²) < 4.78 is 39.6. The van der Waals surface area contributed by atoms with Crippen molar-refractivity contribution >= 4 is 11.4 Å². The first-order chi connectivity index (χ1) is 10.1. The van der Waals surface area contributed by atoms with Gasteiger partial charge in [-0.25, -0.2) is 13.2 Å². The van der Waals surface area contributed by atoms with Crippen LogP contribution in [0.5, 0.6) is 0 Å². The highest BCUT2D eigenvalue weighted by Crippen LogP contribution is 2.27. The molecule has 2 N–H and O–H groups in total. The molecule has 0 radical (unpaired) electrons. The molecule has 0 amide bonds. The average Bonchev–Trinajstić information content (AvgIpc) is 2.49. The maximum atomic E-state index is 13.6. The van der Waals surface area contributed by atoms with Gasteiger partial charge in [0.05, 0.1) is 5.69 Å². The normalized spacial score (nSPS) is 13.5. The molecule has 5 heteroatoms. The van der Waals surface area contributed by atoms with E-state index in [0.29, 0.717) is 12.6 Å². The predicted octanol–water partition coefficient (Wildman–Crippen LogP) is 4.07. The maximum Gasteiger partial charge on any atom is 0.161 e. The minimum Gasteiger partial charge on any atom is -0.385 e. The van der Waals surface area contributed by atoms with Gasteiger partial charge in [-0.1, -0.05) is 18.2 Å². The first kappa shape index (κ1) is 13.8. The molecule has 0 saturated heterocycles. The van der Waals surface area contributed by atoms with Gasteiger partial charge < -0.3 is 10.6 Å². The van der Waals surface area contributed by atoms with Gasteiger partial charge in [-0.2, -0.15) is 0 Å². The largest absolute Gasteiger partial charge is 0.385 e. The van der Waals surface area contributed by atoms with Crippen molar-refractivity contribution in [3.8, 4) is 0 Å². The van der Waals surface area contributed by atoms with Gasteiger partial charge in [0.2, 0.25) is 0 Å². The Balaban J connectivity index is 1.81. The van der Waals surface area contributed by atoms with Crippen LogP contribution in [-0.2, 0) is 13.0 Å². The van der Waals surface area contributed by atoms with E-state index in [0.717, 1.165) is 36.7 Å². The van der Waals surface area contributed by atoms with E-state index in [9.17, 15) is 13.2 Å². The number of anilines is 2. The Bertz CT molecular complexity index is 671. The fourth-order valence-corrected chi connectivity index (χ4v) is 2.58. The third kappa shape index (κ3) is 2.82. The van der Waals surface area contributed by atoms with Crippen LogP contribution in [0.4, 0.5) is 24.5 Å². The second-order valence-corrected chi connectivity index (χ2v) is 5.08. The minimum absolute atomic E-state index is 0.0395. The summed E-state index contributed by atoms with van der Waals surface area (Å²) in [6.45, 7) is 1.25. The molecule has 0 atom stereocenters. The van der Waals surface area contributed by atoms with Gasteiger partial charge in [-0.05, 0) is 24.0 Å². The Morgan fingerprint density at radius 3 is 2.71 bits per heavy atom. The van der Waals surface area contributed by atoms with E-state index in [1.807, 2.05) is 12.1 Å². The van der Waals surface area contributed by atoms with Gasteiger partial charge in [0.1, 0.15) is 5.82 Å². The molecule has 0 fully saturated rings. The highest BCUT2D eigenvalue weighted by molar-refractivity contribution is 5.60. The molecule has 2 aromatic rings. The van der Waals surface area contributed by atoms with Crippen LogP contribution in [0.2, 0.25) is 0 Å². The van der Waals surface area contributed by atoms with Crippen molar-refractivity contribution in [2.45, 2.75) is 19.4 Å². The minimum atomic E-state index is -1.18. The number of fused-ring (bicyclic) bond motifs is 1. The molecule has 0 bridgehead atoms.